The molecular formula is C37H53N5O2Si. The number of anilines is 1. The SMILES string of the molecule is C=CC[C@@H](CCCC)COc1nc2c(c(N(CCC(C=[Si])C(=O)C=C)C[C@@H](C)CC#N)n1)CCN(C(=C/C)/C(C)=C\C(=C)C)C2. The van der Waals surface area contributed by atoms with Crippen molar-refractivity contribution >= 4 is 27.1 Å². The Morgan fingerprint density at radius 2 is 2.02 bits per heavy atom. The maximum atomic E-state index is 12.5. The molecule has 0 saturated heterocycles. The molecule has 0 aromatic carbocycles. The number of allylic oxidation sites excluding steroid dienone is 6. The number of hydrogen-bond donors (Lipinski definition) is 0. The van der Waals surface area contributed by atoms with Crippen molar-refractivity contribution in [1.82, 2.24) is 14.9 Å². The quantitative estimate of drug-likeness (QED) is 0.0622. The molecule has 0 amide bonds. The van der Waals surface area contributed by atoms with Crippen LogP contribution < -0.4 is 9.64 Å². The Balaban J connectivity index is 2.59. The lowest BCUT2D eigenvalue weighted by atomic mass is 9.99. The molecule has 0 spiro atoms. The largest absolute Gasteiger partial charge is 0.463 e. The van der Waals surface area contributed by atoms with Crippen molar-refractivity contribution in [3.8, 4) is 12.1 Å². The van der Waals surface area contributed by atoms with Gasteiger partial charge in [0.25, 0.3) is 0 Å². The van der Waals surface area contributed by atoms with Gasteiger partial charge in [0, 0.05) is 53.1 Å². The highest BCUT2D eigenvalue weighted by Gasteiger charge is 2.28. The van der Waals surface area contributed by atoms with E-state index in [0.717, 1.165) is 72.6 Å². The van der Waals surface area contributed by atoms with E-state index in [0.29, 0.717) is 51.0 Å². The molecule has 0 aliphatic carbocycles. The molecule has 45 heavy (non-hydrogen) atoms. The van der Waals surface area contributed by atoms with Crippen molar-refractivity contribution in [2.75, 3.05) is 31.1 Å². The normalized spacial score (nSPS) is 15.2. The summed E-state index contributed by atoms with van der Waals surface area (Å²) < 4.78 is 6.37. The Morgan fingerprint density at radius 3 is 2.62 bits per heavy atom. The van der Waals surface area contributed by atoms with E-state index in [-0.39, 0.29) is 17.6 Å². The minimum atomic E-state index is -0.310. The molecule has 0 saturated carbocycles. The monoisotopic (exact) mass is 627 g/mol. The Labute approximate surface area is 275 Å². The lowest BCUT2D eigenvalue weighted by molar-refractivity contribution is -0.116. The number of hydrogen-bond acceptors (Lipinski definition) is 7. The number of nitrogens with zero attached hydrogens (tertiary/aromatic N) is 5. The topological polar surface area (TPSA) is 82.3 Å². The molecule has 7 nitrogen and oxygen atoms in total. The van der Waals surface area contributed by atoms with E-state index >= 15 is 0 Å². The lowest BCUT2D eigenvalue weighted by Crippen LogP contribution is -2.37. The number of rotatable bonds is 21. The Hall–Kier alpha value is -3.57. The van der Waals surface area contributed by atoms with Crippen LogP contribution in [0.4, 0.5) is 5.82 Å². The standard InChI is InChI=1S/C37H53N5O2Si/c1-9-13-15-30(14-10-2)25-44-37-39-33-24-41(34(11-3)29(8)22-27(5)6)21-18-32(33)36(40-37)42(23-28(7)16-19-38)20-17-31(26-45)35(43)12-4/h10-12,22,26,28,30-31H,2,4-5,9,13-18,20-21,23-25H2,1,3,6-8H3/b29-22-,34-11+/t28-,30-,31?/m0/s1. The molecule has 1 aromatic rings. The van der Waals surface area contributed by atoms with Crippen molar-refractivity contribution in [1.29, 1.82) is 5.26 Å². The zero-order chi connectivity index (χ0) is 33.4. The second kappa shape index (κ2) is 19.7. The summed E-state index contributed by atoms with van der Waals surface area (Å²) in [6, 6.07) is 2.68. The molecule has 8 heteroatoms. The van der Waals surface area contributed by atoms with Crippen LogP contribution in [0, 0.1) is 29.1 Å². The molecule has 242 valence electrons. The van der Waals surface area contributed by atoms with Crippen molar-refractivity contribution in [3.63, 3.8) is 0 Å². The molecule has 3 atom stereocenters. The van der Waals surface area contributed by atoms with Crippen LogP contribution in [-0.4, -0.2) is 62.4 Å². The summed E-state index contributed by atoms with van der Waals surface area (Å²) in [5, 5.41) is 9.44. The molecule has 1 unspecified atom stereocenters. The van der Waals surface area contributed by atoms with Gasteiger partial charge in [0.05, 0.1) is 24.9 Å². The van der Waals surface area contributed by atoms with Gasteiger partial charge in [-0.25, -0.2) is 0 Å². The molecule has 0 bridgehead atoms. The van der Waals surface area contributed by atoms with Crippen LogP contribution in [0.3, 0.4) is 0 Å². The Morgan fingerprint density at radius 1 is 1.27 bits per heavy atom. The van der Waals surface area contributed by atoms with Crippen LogP contribution in [-0.2, 0) is 17.8 Å². The van der Waals surface area contributed by atoms with Crippen LogP contribution in [0.2, 0.25) is 0 Å². The summed E-state index contributed by atoms with van der Waals surface area (Å²) in [4.78, 5) is 27.1. The first kappa shape index (κ1) is 37.6. The summed E-state index contributed by atoms with van der Waals surface area (Å²) in [7, 11) is 3.46. The van der Waals surface area contributed by atoms with E-state index in [1.807, 2.05) is 13.0 Å². The zero-order valence-electron chi connectivity index (χ0n) is 28.3. The van der Waals surface area contributed by atoms with E-state index in [2.05, 4.69) is 85.3 Å². The van der Waals surface area contributed by atoms with Crippen LogP contribution in [0.5, 0.6) is 6.01 Å². The van der Waals surface area contributed by atoms with Gasteiger partial charge in [0.1, 0.15) is 5.82 Å². The first-order valence-corrected chi connectivity index (χ1v) is 16.9. The van der Waals surface area contributed by atoms with Gasteiger partial charge in [-0.2, -0.15) is 15.2 Å². The van der Waals surface area contributed by atoms with Gasteiger partial charge in [-0.05, 0) is 69.9 Å². The van der Waals surface area contributed by atoms with Gasteiger partial charge >= 0.3 is 6.01 Å². The number of aromatic nitrogens is 2. The molecule has 0 N–H and O–H groups in total. The molecule has 2 rings (SSSR count). The number of fused-ring (bicyclic) bond motifs is 1. The average Bonchev–Trinajstić information content (AvgIpc) is 3.01. The third-order valence-electron chi connectivity index (χ3n) is 8.17. The average molecular weight is 628 g/mol. The molecular weight excluding hydrogens is 575 g/mol. The molecule has 0 fully saturated rings. The van der Waals surface area contributed by atoms with E-state index in [1.165, 1.54) is 6.08 Å². The summed E-state index contributed by atoms with van der Waals surface area (Å²) in [5.74, 6) is 0.954. The minimum Gasteiger partial charge on any atom is -0.463 e. The second-order valence-corrected chi connectivity index (χ2v) is 12.5. The van der Waals surface area contributed by atoms with Crippen LogP contribution in [0.1, 0.15) is 84.4 Å². The third-order valence-corrected chi connectivity index (χ3v) is 8.57. The Kier molecular flexibility index (Phi) is 16.5. The number of carbonyl (C=O) groups excluding carboxylic acids is 1. The first-order chi connectivity index (χ1) is 21.6. The fraction of sp³-hybridized carbons (Fsp3) is 0.541. The number of ether oxygens (including phenoxy) is 1. The minimum absolute atomic E-state index is 0.0307. The molecule has 1 aliphatic rings. The summed E-state index contributed by atoms with van der Waals surface area (Å²) in [5.41, 5.74) is 7.13. The van der Waals surface area contributed by atoms with Gasteiger partial charge in [-0.3, -0.25) is 4.79 Å². The smallest absolute Gasteiger partial charge is 0.318 e. The molecule has 1 aliphatic heterocycles. The maximum Gasteiger partial charge on any atom is 0.318 e. The third kappa shape index (κ3) is 11.7. The van der Waals surface area contributed by atoms with Gasteiger partial charge < -0.3 is 14.5 Å². The Bertz CT molecular complexity index is 1290. The van der Waals surface area contributed by atoms with E-state index in [4.69, 9.17) is 14.7 Å². The first-order valence-electron chi connectivity index (χ1n) is 16.3. The number of carbonyl (C=O) groups is 1. The predicted molar refractivity (Wildman–Crippen MR) is 189 cm³/mol. The molecule has 1 aromatic heterocycles. The van der Waals surface area contributed by atoms with Gasteiger partial charge in [-0.1, -0.05) is 69.3 Å². The van der Waals surface area contributed by atoms with Crippen LogP contribution in [0.25, 0.3) is 0 Å². The van der Waals surface area contributed by atoms with Crippen LogP contribution >= 0.6 is 0 Å². The fourth-order valence-electron chi connectivity index (χ4n) is 5.85. The van der Waals surface area contributed by atoms with Gasteiger partial charge in [-0.15, -0.1) is 6.58 Å². The predicted octanol–water partition coefficient (Wildman–Crippen LogP) is 7.11. The van der Waals surface area contributed by atoms with Crippen molar-refractivity contribution in [2.24, 2.45) is 17.8 Å². The van der Waals surface area contributed by atoms with Gasteiger partial charge in [0.15, 0.2) is 5.78 Å². The highest BCUT2D eigenvalue weighted by molar-refractivity contribution is 6.32. The summed E-state index contributed by atoms with van der Waals surface area (Å²) in [6.07, 6.45) is 13.6. The highest BCUT2D eigenvalue weighted by Crippen LogP contribution is 2.33. The van der Waals surface area contributed by atoms with E-state index in [1.54, 1.807) is 5.67 Å². The second-order valence-electron chi connectivity index (χ2n) is 12.2. The zero-order valence-corrected chi connectivity index (χ0v) is 29.3. The van der Waals surface area contributed by atoms with Crippen molar-refractivity contribution in [3.05, 3.63) is 72.1 Å². The van der Waals surface area contributed by atoms with Crippen molar-refractivity contribution < 1.29 is 9.53 Å². The fourth-order valence-corrected chi connectivity index (χ4v) is 6.18. The van der Waals surface area contributed by atoms with E-state index < -0.39 is 0 Å². The number of ketones is 1. The van der Waals surface area contributed by atoms with Gasteiger partial charge in [0.2, 0.25) is 0 Å². The number of nitriles is 1. The lowest BCUT2D eigenvalue weighted by Gasteiger charge is -2.36. The molecule has 2 radical (unpaired) electrons. The summed E-state index contributed by atoms with van der Waals surface area (Å²) in [6.45, 7) is 25.4. The molecule has 2 heterocycles. The summed E-state index contributed by atoms with van der Waals surface area (Å²) >= 11 is 0. The van der Waals surface area contributed by atoms with E-state index in [9.17, 15) is 10.1 Å². The van der Waals surface area contributed by atoms with Crippen molar-refractivity contribution in [2.45, 2.75) is 86.1 Å². The maximum absolute atomic E-state index is 12.5. The number of unbranched alkanes of at least 4 members (excludes halogenated alkanes) is 1. The highest BCUT2D eigenvalue weighted by atomic mass is 28.1. The van der Waals surface area contributed by atoms with Crippen LogP contribution in [0.15, 0.2) is 60.9 Å².